The molecule has 5 rings (SSSR count). The first kappa shape index (κ1) is 34.1. The molecule has 2 aliphatic rings. The number of aryl methyl sites for hydroxylation is 1. The Labute approximate surface area is 272 Å². The zero-order valence-electron chi connectivity index (χ0n) is 27.9. The van der Waals surface area contributed by atoms with Crippen LogP contribution in [0.4, 0.5) is 19.4 Å². The van der Waals surface area contributed by atoms with Crippen molar-refractivity contribution in [3.8, 4) is 5.75 Å². The lowest BCUT2D eigenvalue weighted by Crippen LogP contribution is -2.53. The zero-order chi connectivity index (χ0) is 34.5. The maximum absolute atomic E-state index is 14.3. The van der Waals surface area contributed by atoms with Crippen molar-refractivity contribution < 1.29 is 37.4 Å². The Morgan fingerprint density at radius 2 is 1.87 bits per heavy atom. The number of esters is 1. The van der Waals surface area contributed by atoms with Crippen molar-refractivity contribution in [3.63, 3.8) is 0 Å². The lowest BCUT2D eigenvalue weighted by atomic mass is 9.59. The number of hydrogen-bond donors (Lipinski definition) is 2. The standard InChI is InChI=1S/C34H43F2N5O6/c1-19-14-26(45-6)23(21-10-12-41(27(19)21)31(44)47-32(3,4)5)16-40-13-11-33(17-34(35,36)18-33)15-25(40)22-8-9-24(30(43)46-7)39-29(22)38-20(2)28(37)42/h8-10,12,14,20,25H,11,13,15-18H2,1-7H3,(H2,37,42)(H,38,39)/t20-,25-/m0/s1. The fraction of sp³-hybridized carbons (Fsp3) is 0.529. The van der Waals surface area contributed by atoms with Crippen LogP contribution in [0.5, 0.6) is 5.75 Å². The topological polar surface area (TPSA) is 138 Å². The van der Waals surface area contributed by atoms with E-state index in [0.717, 1.165) is 16.5 Å². The fourth-order valence-corrected chi connectivity index (χ4v) is 6.96. The summed E-state index contributed by atoms with van der Waals surface area (Å²) >= 11 is 0. The van der Waals surface area contributed by atoms with Gasteiger partial charge in [-0.15, -0.1) is 0 Å². The van der Waals surface area contributed by atoms with Crippen LogP contribution in [-0.4, -0.2) is 70.8 Å². The van der Waals surface area contributed by atoms with Gasteiger partial charge >= 0.3 is 12.1 Å². The van der Waals surface area contributed by atoms with Crippen LogP contribution in [0.25, 0.3) is 10.9 Å². The number of ether oxygens (including phenoxy) is 3. The van der Waals surface area contributed by atoms with Crippen molar-refractivity contribution in [3.05, 3.63) is 52.8 Å². The summed E-state index contributed by atoms with van der Waals surface area (Å²) in [6.45, 7) is 9.71. The summed E-state index contributed by atoms with van der Waals surface area (Å²) < 4.78 is 46.6. The van der Waals surface area contributed by atoms with Crippen LogP contribution in [0, 0.1) is 12.3 Å². The molecule has 2 atom stereocenters. The quantitative estimate of drug-likeness (QED) is 0.282. The summed E-state index contributed by atoms with van der Waals surface area (Å²) in [6, 6.07) is 5.71. The molecule has 0 bridgehead atoms. The lowest BCUT2D eigenvalue weighted by Gasteiger charge is -2.55. The monoisotopic (exact) mass is 655 g/mol. The number of nitrogens with two attached hydrogens (primary N) is 1. The number of anilines is 1. The maximum Gasteiger partial charge on any atom is 0.419 e. The second-order valence-electron chi connectivity index (χ2n) is 13.8. The van der Waals surface area contributed by atoms with Crippen LogP contribution in [0.1, 0.15) is 86.6 Å². The zero-order valence-corrected chi connectivity index (χ0v) is 27.9. The molecule has 3 aromatic rings. The smallest absolute Gasteiger partial charge is 0.419 e. The summed E-state index contributed by atoms with van der Waals surface area (Å²) in [7, 11) is 2.82. The van der Waals surface area contributed by atoms with E-state index < -0.39 is 47.0 Å². The van der Waals surface area contributed by atoms with Crippen LogP contribution in [0.2, 0.25) is 0 Å². The van der Waals surface area contributed by atoms with Crippen molar-refractivity contribution >= 4 is 34.7 Å². The van der Waals surface area contributed by atoms with Gasteiger partial charge in [-0.25, -0.2) is 23.4 Å². The number of aromatic nitrogens is 2. The molecule has 1 aliphatic carbocycles. The number of alkyl halides is 2. The highest BCUT2D eigenvalue weighted by Crippen LogP contribution is 2.61. The van der Waals surface area contributed by atoms with Gasteiger partial charge in [-0.05, 0) is 83.2 Å². The lowest BCUT2D eigenvalue weighted by molar-refractivity contribution is -0.186. The summed E-state index contributed by atoms with van der Waals surface area (Å²) in [5.41, 5.74) is 7.25. The van der Waals surface area contributed by atoms with Crippen molar-refractivity contribution in [2.24, 2.45) is 11.1 Å². The van der Waals surface area contributed by atoms with Gasteiger partial charge < -0.3 is 25.3 Å². The number of hydrogen-bond acceptors (Lipinski definition) is 9. The number of primary amides is 1. The Hall–Kier alpha value is -4.26. The highest BCUT2D eigenvalue weighted by atomic mass is 19.3. The third kappa shape index (κ3) is 6.90. The van der Waals surface area contributed by atoms with Crippen molar-refractivity contribution in [1.29, 1.82) is 0 Å². The third-order valence-electron chi connectivity index (χ3n) is 9.13. The number of pyridine rings is 1. The number of benzene rings is 1. The molecule has 1 saturated carbocycles. The number of rotatable bonds is 8. The van der Waals surface area contributed by atoms with Gasteiger partial charge in [0.15, 0.2) is 5.69 Å². The van der Waals surface area contributed by atoms with E-state index in [1.54, 1.807) is 47.1 Å². The second-order valence-corrected chi connectivity index (χ2v) is 13.8. The number of nitrogens with one attached hydrogen (secondary N) is 1. The molecule has 2 fully saturated rings. The highest BCUT2D eigenvalue weighted by Gasteiger charge is 2.58. The molecule has 0 unspecified atom stereocenters. The second kappa shape index (κ2) is 12.4. The van der Waals surface area contributed by atoms with E-state index >= 15 is 0 Å². The molecule has 2 aromatic heterocycles. The number of piperidine rings is 1. The predicted molar refractivity (Wildman–Crippen MR) is 172 cm³/mol. The van der Waals surface area contributed by atoms with E-state index in [9.17, 15) is 23.2 Å². The maximum atomic E-state index is 14.3. The summed E-state index contributed by atoms with van der Waals surface area (Å²) in [4.78, 5) is 44.3. The largest absolute Gasteiger partial charge is 0.496 e. The number of nitrogens with zero attached hydrogens (tertiary/aromatic N) is 3. The number of amides is 1. The molecule has 1 aromatic carbocycles. The predicted octanol–water partition coefficient (Wildman–Crippen LogP) is 5.96. The number of halogens is 2. The van der Waals surface area contributed by atoms with Crippen molar-refractivity contribution in [2.75, 3.05) is 26.1 Å². The van der Waals surface area contributed by atoms with Gasteiger partial charge in [-0.2, -0.15) is 0 Å². The fourth-order valence-electron chi connectivity index (χ4n) is 6.96. The van der Waals surface area contributed by atoms with Crippen molar-refractivity contribution in [1.82, 2.24) is 14.5 Å². The number of fused-ring (bicyclic) bond motifs is 1. The van der Waals surface area contributed by atoms with Crippen LogP contribution in [-0.2, 0) is 20.8 Å². The normalized spacial score (nSPS) is 19.6. The molecular weight excluding hydrogens is 612 g/mol. The van der Waals surface area contributed by atoms with Gasteiger partial charge in [0.25, 0.3) is 0 Å². The van der Waals surface area contributed by atoms with E-state index in [0.29, 0.717) is 42.8 Å². The van der Waals surface area contributed by atoms with Gasteiger partial charge in [0.1, 0.15) is 23.2 Å². The van der Waals surface area contributed by atoms with Gasteiger partial charge in [0.05, 0.1) is 19.7 Å². The van der Waals surface area contributed by atoms with Crippen LogP contribution in [0.15, 0.2) is 30.5 Å². The molecule has 47 heavy (non-hydrogen) atoms. The van der Waals surface area contributed by atoms with E-state index in [2.05, 4.69) is 15.2 Å². The molecule has 1 spiro atoms. The Balaban J connectivity index is 1.60. The number of methoxy groups -OCH3 is 2. The Morgan fingerprint density at radius 3 is 2.47 bits per heavy atom. The first-order valence-electron chi connectivity index (χ1n) is 15.6. The van der Waals surface area contributed by atoms with Gasteiger partial charge in [-0.3, -0.25) is 14.3 Å². The molecule has 0 radical (unpaired) electrons. The van der Waals surface area contributed by atoms with E-state index in [1.807, 2.05) is 19.1 Å². The molecule has 11 nitrogen and oxygen atoms in total. The van der Waals surface area contributed by atoms with Gasteiger partial charge in [0.2, 0.25) is 11.8 Å². The number of carbonyl (C=O) groups is 3. The summed E-state index contributed by atoms with van der Waals surface area (Å²) in [6.07, 6.45) is 1.70. The minimum atomic E-state index is -2.72. The van der Waals surface area contributed by atoms with Crippen molar-refractivity contribution in [2.45, 2.75) is 90.5 Å². The number of carbonyl (C=O) groups excluding carboxylic acids is 3. The van der Waals surface area contributed by atoms with Gasteiger partial charge in [0, 0.05) is 48.1 Å². The van der Waals surface area contributed by atoms with E-state index in [-0.39, 0.29) is 24.4 Å². The molecule has 1 amide bonds. The minimum Gasteiger partial charge on any atom is -0.496 e. The molecule has 13 heteroatoms. The highest BCUT2D eigenvalue weighted by molar-refractivity contribution is 5.95. The van der Waals surface area contributed by atoms with Crippen LogP contribution in [0.3, 0.4) is 0 Å². The average Bonchev–Trinajstić information content (AvgIpc) is 3.43. The summed E-state index contributed by atoms with van der Waals surface area (Å²) in [5.74, 6) is -3.15. The first-order valence-corrected chi connectivity index (χ1v) is 15.6. The SMILES string of the molecule is COC(=O)c1ccc([C@@H]2CC3(CCN2Cc2c(OC)cc(C)c4c2ccn4C(=O)OC(C)(C)C)CC(F)(F)C3)c(N[C@@H](C)C(N)=O)n1. The van der Waals surface area contributed by atoms with Gasteiger partial charge in [-0.1, -0.05) is 6.07 Å². The minimum absolute atomic E-state index is 0.0214. The molecule has 3 heterocycles. The molecule has 254 valence electrons. The Kier molecular flexibility index (Phi) is 8.99. The molecule has 3 N–H and O–H groups in total. The van der Waals surface area contributed by atoms with Crippen LogP contribution < -0.4 is 15.8 Å². The Morgan fingerprint density at radius 1 is 1.17 bits per heavy atom. The third-order valence-corrected chi connectivity index (χ3v) is 9.13. The average molecular weight is 656 g/mol. The summed E-state index contributed by atoms with van der Waals surface area (Å²) in [5, 5.41) is 3.83. The molecule has 1 saturated heterocycles. The van der Waals surface area contributed by atoms with E-state index in [1.165, 1.54) is 17.7 Å². The molecule has 1 aliphatic heterocycles. The Bertz CT molecular complexity index is 1710. The van der Waals surface area contributed by atoms with Crippen LogP contribution >= 0.6 is 0 Å². The number of likely N-dealkylation sites (tertiary alicyclic amines) is 1. The first-order chi connectivity index (χ1) is 22.0. The van der Waals surface area contributed by atoms with E-state index in [4.69, 9.17) is 19.9 Å². The molecular formula is C34H43F2N5O6.